The summed E-state index contributed by atoms with van der Waals surface area (Å²) in [7, 11) is -1.66. The SMILES string of the molecule is COc1nc2[nH]cc(F)c2cc1Oc1cc(N2CCC3(CC2)CN(C2CCN(Cc4ccc(C5CC5)c(OC)n4)C[C@H]2c2ccccc2C(C)C)C3)ccc1C(=O)NS(=O)(=O)c1cnc(NCC2CCC(C)(O)CC2)c([N+](=O)[O-])c1. The lowest BCUT2D eigenvalue weighted by molar-refractivity contribution is -0.384. The minimum atomic E-state index is -4.75. The first-order valence-corrected chi connectivity index (χ1v) is 29.4. The first-order chi connectivity index (χ1) is 38.4. The number of ether oxygens (including phenoxy) is 3. The van der Waals surface area contributed by atoms with Gasteiger partial charge in [0.2, 0.25) is 11.7 Å². The van der Waals surface area contributed by atoms with Gasteiger partial charge in [-0.15, -0.1) is 0 Å². The van der Waals surface area contributed by atoms with Crippen molar-refractivity contribution in [2.45, 2.75) is 119 Å². The largest absolute Gasteiger partial charge is 0.481 e. The second-order valence-corrected chi connectivity index (χ2v) is 25.1. The zero-order valence-electron chi connectivity index (χ0n) is 46.0. The predicted octanol–water partition coefficient (Wildman–Crippen LogP) is 9.64. The molecule has 4 aromatic heterocycles. The molecule has 1 spiro atoms. The molecule has 7 heterocycles. The van der Waals surface area contributed by atoms with Gasteiger partial charge in [0.15, 0.2) is 5.75 Å². The van der Waals surface area contributed by atoms with Crippen LogP contribution in [0.4, 0.5) is 21.6 Å². The van der Waals surface area contributed by atoms with Crippen molar-refractivity contribution < 1.29 is 41.8 Å². The van der Waals surface area contributed by atoms with Gasteiger partial charge in [-0.05, 0) is 117 Å². The Bertz CT molecular complexity index is 3400. The molecule has 6 aromatic rings. The number of sulfonamides is 1. The fourth-order valence-electron chi connectivity index (χ4n) is 12.7. The minimum absolute atomic E-state index is 0.0163. The number of methoxy groups -OCH3 is 2. The third kappa shape index (κ3) is 11.5. The number of pyridine rings is 3. The van der Waals surface area contributed by atoms with Crippen LogP contribution in [0.15, 0.2) is 84.0 Å². The number of likely N-dealkylation sites (tertiary alicyclic amines) is 2. The number of nitro groups is 1. The molecule has 1 amide bonds. The van der Waals surface area contributed by atoms with E-state index in [1.807, 2.05) is 0 Å². The molecule has 3 aliphatic heterocycles. The summed E-state index contributed by atoms with van der Waals surface area (Å²) in [5, 5.41) is 25.7. The van der Waals surface area contributed by atoms with Crippen LogP contribution in [-0.4, -0.2) is 126 Å². The fourth-order valence-corrected chi connectivity index (χ4v) is 13.6. The number of aromatic amines is 1. The van der Waals surface area contributed by atoms with E-state index in [0.717, 1.165) is 87.7 Å². The Morgan fingerprint density at radius 1 is 0.925 bits per heavy atom. The van der Waals surface area contributed by atoms with Gasteiger partial charge in [0, 0.05) is 100.0 Å². The maximum Gasteiger partial charge on any atom is 0.312 e. The van der Waals surface area contributed by atoms with Crippen LogP contribution in [0.1, 0.15) is 129 Å². The van der Waals surface area contributed by atoms with E-state index in [9.17, 15) is 32.8 Å². The Balaban J connectivity index is 0.798. The lowest BCUT2D eigenvalue weighted by atomic mass is 9.69. The van der Waals surface area contributed by atoms with Gasteiger partial charge in [-0.2, -0.15) is 4.98 Å². The van der Waals surface area contributed by atoms with Crippen molar-refractivity contribution in [1.82, 2.24) is 34.5 Å². The van der Waals surface area contributed by atoms with E-state index in [0.29, 0.717) is 69.1 Å². The van der Waals surface area contributed by atoms with Gasteiger partial charge in [0.25, 0.3) is 21.8 Å². The summed E-state index contributed by atoms with van der Waals surface area (Å²) in [6.07, 6.45) is 9.99. The van der Waals surface area contributed by atoms with Crippen molar-refractivity contribution >= 4 is 44.2 Å². The van der Waals surface area contributed by atoms with E-state index in [1.165, 1.54) is 48.8 Å². The van der Waals surface area contributed by atoms with E-state index in [4.69, 9.17) is 19.2 Å². The second kappa shape index (κ2) is 22.2. The van der Waals surface area contributed by atoms with E-state index < -0.39 is 42.9 Å². The van der Waals surface area contributed by atoms with Crippen molar-refractivity contribution in [3.05, 3.63) is 123 Å². The molecule has 4 N–H and O–H groups in total. The number of H-pyrrole nitrogens is 1. The van der Waals surface area contributed by atoms with Crippen LogP contribution in [0.2, 0.25) is 0 Å². The summed E-state index contributed by atoms with van der Waals surface area (Å²) in [5.74, 6) is 0.253. The van der Waals surface area contributed by atoms with Crippen LogP contribution < -0.4 is 29.1 Å². The van der Waals surface area contributed by atoms with Gasteiger partial charge >= 0.3 is 5.69 Å². The summed E-state index contributed by atoms with van der Waals surface area (Å²) >= 11 is 0. The molecule has 424 valence electrons. The number of anilines is 2. The molecular formula is C59H71FN10O9S. The van der Waals surface area contributed by atoms with Gasteiger partial charge in [-0.25, -0.2) is 27.5 Å². The van der Waals surface area contributed by atoms with Crippen LogP contribution in [0.5, 0.6) is 23.3 Å². The second-order valence-electron chi connectivity index (χ2n) is 23.4. The standard InChI is InChI=1S/C59H71FN10O9S/c1-36(2)42-8-6-7-9-44(42)47-33-67(32-39-12-14-43(38-10-11-38)56(64-39)77-4)23-18-49(47)69-34-59(35-69)21-24-68(25-22-59)40-13-15-45(51(26-40)79-52-28-46-48(60)31-63-53(46)65-57(52)78-5)55(71)66-80(75,76)41-27-50(70(73)74)54(62-30-41)61-29-37-16-19-58(3,72)20-17-37/h6-9,12-15,26-28,30-31,36-38,47,49,72H,10-11,16-25,29,32-35H2,1-5H3,(H,61,62)(H,63,65)(H,66,71)/t37?,47-,49?,58?/m0/s1. The average Bonchev–Trinajstić information content (AvgIpc) is 4.23. The van der Waals surface area contributed by atoms with E-state index in [1.54, 1.807) is 26.2 Å². The number of nitrogens with zero attached hydrogens (tertiary/aromatic N) is 7. The molecule has 0 radical (unpaired) electrons. The molecule has 1 unspecified atom stereocenters. The zero-order chi connectivity index (χ0) is 56.1. The first kappa shape index (κ1) is 55.0. The van der Waals surface area contributed by atoms with E-state index in [-0.39, 0.29) is 51.1 Å². The third-order valence-electron chi connectivity index (χ3n) is 17.4. The molecule has 2 aliphatic carbocycles. The van der Waals surface area contributed by atoms with Gasteiger partial charge in [0.05, 0.1) is 47.6 Å². The molecular weight excluding hydrogens is 1040 g/mol. The number of rotatable bonds is 18. The van der Waals surface area contributed by atoms with Crippen LogP contribution in [0.25, 0.3) is 11.0 Å². The van der Waals surface area contributed by atoms with Crippen LogP contribution in [0, 0.1) is 27.3 Å². The summed E-state index contributed by atoms with van der Waals surface area (Å²) in [6.45, 7) is 12.8. The summed E-state index contributed by atoms with van der Waals surface area (Å²) in [5.41, 5.74) is 4.60. The average molecular weight is 1120 g/mol. The quantitative estimate of drug-likeness (QED) is 0.0464. The smallest absolute Gasteiger partial charge is 0.312 e. The molecule has 2 saturated carbocycles. The monoisotopic (exact) mass is 1110 g/mol. The maximum absolute atomic E-state index is 15.0. The van der Waals surface area contributed by atoms with E-state index >= 15 is 0 Å². The topological polar surface area (TPSA) is 231 Å². The summed E-state index contributed by atoms with van der Waals surface area (Å²) in [6, 6.07) is 20.8. The number of hydrogen-bond donors (Lipinski definition) is 4. The number of fused-ring (bicyclic) bond motifs is 1. The molecule has 2 atom stereocenters. The Kier molecular flexibility index (Phi) is 15.3. The van der Waals surface area contributed by atoms with Gasteiger partial charge in [-0.1, -0.05) is 44.2 Å². The predicted molar refractivity (Wildman–Crippen MR) is 301 cm³/mol. The summed E-state index contributed by atoms with van der Waals surface area (Å²) < 4.78 is 62.5. The number of carbonyl (C=O) groups excluding carboxylic acids is 1. The van der Waals surface area contributed by atoms with Gasteiger partial charge in [0.1, 0.15) is 22.1 Å². The lowest BCUT2D eigenvalue weighted by Crippen LogP contribution is -2.65. The number of aliphatic hydroxyl groups is 1. The molecule has 80 heavy (non-hydrogen) atoms. The van der Waals surface area contributed by atoms with Crippen LogP contribution in [-0.2, 0) is 16.6 Å². The molecule has 0 bridgehead atoms. The Labute approximate surface area is 465 Å². The van der Waals surface area contributed by atoms with Crippen LogP contribution >= 0.6 is 0 Å². The Morgan fingerprint density at radius 2 is 1.68 bits per heavy atom. The number of hydrogen-bond acceptors (Lipinski definition) is 16. The van der Waals surface area contributed by atoms with E-state index in [2.05, 4.69) is 89.9 Å². The molecule has 5 fully saturated rings. The molecule has 3 saturated heterocycles. The minimum Gasteiger partial charge on any atom is -0.481 e. The van der Waals surface area contributed by atoms with Crippen molar-refractivity contribution in [2.75, 3.05) is 70.2 Å². The summed E-state index contributed by atoms with van der Waals surface area (Å²) in [4.78, 5) is 48.9. The Morgan fingerprint density at radius 3 is 2.39 bits per heavy atom. The van der Waals surface area contributed by atoms with Crippen molar-refractivity contribution in [3.8, 4) is 23.3 Å². The lowest BCUT2D eigenvalue weighted by Gasteiger charge is -2.59. The third-order valence-corrected chi connectivity index (χ3v) is 18.7. The van der Waals surface area contributed by atoms with Crippen molar-refractivity contribution in [2.24, 2.45) is 11.3 Å². The number of aromatic nitrogens is 4. The highest BCUT2D eigenvalue weighted by molar-refractivity contribution is 7.90. The molecule has 19 nitrogen and oxygen atoms in total. The highest BCUT2D eigenvalue weighted by atomic mass is 32.2. The molecule has 11 rings (SSSR count). The first-order valence-electron chi connectivity index (χ1n) is 27.9. The maximum atomic E-state index is 15.0. The van der Waals surface area contributed by atoms with Gasteiger partial charge in [-0.3, -0.25) is 24.7 Å². The number of nitrogens with one attached hydrogen (secondary N) is 3. The molecule has 21 heteroatoms. The Hall–Kier alpha value is -6.94. The number of halogens is 1. The fraction of sp³-hybridized carbons (Fsp3) is 0.492. The highest BCUT2D eigenvalue weighted by Crippen LogP contribution is 2.48. The van der Waals surface area contributed by atoms with Crippen LogP contribution in [0.3, 0.4) is 0 Å². The van der Waals surface area contributed by atoms with Crippen molar-refractivity contribution in [1.29, 1.82) is 0 Å². The number of amides is 1. The van der Waals surface area contributed by atoms with Crippen molar-refractivity contribution in [3.63, 3.8) is 0 Å². The molecule has 2 aromatic carbocycles. The number of carbonyl (C=O) groups is 1. The molecule has 5 aliphatic rings. The number of piperidine rings is 2. The number of benzene rings is 2. The highest BCUT2D eigenvalue weighted by Gasteiger charge is 2.50. The zero-order valence-corrected chi connectivity index (χ0v) is 46.9. The van der Waals surface area contributed by atoms with Gasteiger partial charge < -0.3 is 34.5 Å². The normalized spacial score (nSPS) is 22.5.